The number of methoxy groups -OCH3 is 1. The van der Waals surface area contributed by atoms with E-state index in [2.05, 4.69) is 0 Å². The number of hydrogen-bond donors (Lipinski definition) is 2. The van der Waals surface area contributed by atoms with Crippen molar-refractivity contribution in [2.45, 2.75) is 0 Å². The number of nitrogens with zero attached hydrogens (tertiary/aromatic N) is 1. The Morgan fingerprint density at radius 2 is 2.27 bits per heavy atom. The average Bonchev–Trinajstić information content (AvgIpc) is 2.27. The van der Waals surface area contributed by atoms with Crippen molar-refractivity contribution in [2.24, 2.45) is 5.84 Å². The van der Waals surface area contributed by atoms with E-state index in [0.29, 0.717) is 0 Å². The molecule has 1 aromatic carbocycles. The van der Waals surface area contributed by atoms with E-state index in [0.717, 1.165) is 6.07 Å². The van der Waals surface area contributed by atoms with Gasteiger partial charge in [-0.05, 0) is 6.07 Å². The van der Waals surface area contributed by atoms with Crippen molar-refractivity contribution >= 4 is 11.6 Å². The Kier molecular flexibility index (Phi) is 3.19. The van der Waals surface area contributed by atoms with Crippen LogP contribution in [0.1, 0.15) is 10.4 Å². The first-order chi connectivity index (χ1) is 7.10. The lowest BCUT2D eigenvalue weighted by Crippen LogP contribution is -2.30. The molecule has 0 unspecified atom stereocenters. The summed E-state index contributed by atoms with van der Waals surface area (Å²) in [6.07, 6.45) is 0. The smallest absolute Gasteiger partial charge is 0.270 e. The molecular weight excluding hydrogens is 202 g/mol. The normalized spacial score (nSPS) is 9.47. The summed E-state index contributed by atoms with van der Waals surface area (Å²) in [5.41, 5.74) is 1.70. The molecule has 80 valence electrons. The SMILES string of the molecule is COc1ccc([N+](=O)[O-])cc1C(=O)NN. The Hall–Kier alpha value is -2.15. The van der Waals surface area contributed by atoms with Crippen LogP contribution in [0.2, 0.25) is 0 Å². The fourth-order valence-electron chi connectivity index (χ4n) is 1.06. The van der Waals surface area contributed by atoms with Gasteiger partial charge in [0.2, 0.25) is 0 Å². The summed E-state index contributed by atoms with van der Waals surface area (Å²) in [6, 6.07) is 3.68. The van der Waals surface area contributed by atoms with Crippen LogP contribution in [-0.4, -0.2) is 17.9 Å². The highest BCUT2D eigenvalue weighted by molar-refractivity contribution is 5.97. The molecule has 0 saturated carbocycles. The largest absolute Gasteiger partial charge is 0.496 e. The number of nitrogens with two attached hydrogens (primary N) is 1. The van der Waals surface area contributed by atoms with Crippen molar-refractivity contribution < 1.29 is 14.5 Å². The maximum absolute atomic E-state index is 11.2. The van der Waals surface area contributed by atoms with Gasteiger partial charge >= 0.3 is 0 Å². The number of carbonyl (C=O) groups is 1. The number of ether oxygens (including phenoxy) is 1. The number of nitrogen functional groups attached to an aromatic ring is 1. The second kappa shape index (κ2) is 4.38. The third-order valence-electron chi connectivity index (χ3n) is 1.77. The molecule has 7 heteroatoms. The minimum atomic E-state index is -0.643. The van der Waals surface area contributed by atoms with Crippen LogP contribution in [0, 0.1) is 10.1 Å². The van der Waals surface area contributed by atoms with E-state index in [9.17, 15) is 14.9 Å². The second-order valence-corrected chi connectivity index (χ2v) is 2.62. The lowest BCUT2D eigenvalue weighted by atomic mass is 10.1. The van der Waals surface area contributed by atoms with Crippen LogP contribution >= 0.6 is 0 Å². The quantitative estimate of drug-likeness (QED) is 0.321. The van der Waals surface area contributed by atoms with Crippen molar-refractivity contribution in [3.05, 3.63) is 33.9 Å². The number of nitro benzene ring substituents is 1. The maximum atomic E-state index is 11.2. The number of amides is 1. The fourth-order valence-corrected chi connectivity index (χ4v) is 1.06. The van der Waals surface area contributed by atoms with Gasteiger partial charge in [-0.3, -0.25) is 20.3 Å². The van der Waals surface area contributed by atoms with Crippen LogP contribution in [-0.2, 0) is 0 Å². The third kappa shape index (κ3) is 2.20. The second-order valence-electron chi connectivity index (χ2n) is 2.62. The highest BCUT2D eigenvalue weighted by Gasteiger charge is 2.16. The molecule has 0 saturated heterocycles. The van der Waals surface area contributed by atoms with Crippen molar-refractivity contribution in [1.82, 2.24) is 5.43 Å². The third-order valence-corrected chi connectivity index (χ3v) is 1.77. The molecule has 0 aromatic heterocycles. The van der Waals surface area contributed by atoms with E-state index in [4.69, 9.17) is 10.6 Å². The summed E-state index contributed by atoms with van der Waals surface area (Å²) in [4.78, 5) is 21.1. The lowest BCUT2D eigenvalue weighted by molar-refractivity contribution is -0.384. The number of hydrogen-bond acceptors (Lipinski definition) is 5. The number of nitrogens with one attached hydrogen (secondary N) is 1. The molecule has 0 aliphatic carbocycles. The molecule has 1 amide bonds. The van der Waals surface area contributed by atoms with Crippen LogP contribution < -0.4 is 16.0 Å². The molecule has 0 heterocycles. The number of non-ortho nitro benzene ring substituents is 1. The monoisotopic (exact) mass is 211 g/mol. The van der Waals surface area contributed by atoms with Crippen LogP contribution in [0.3, 0.4) is 0 Å². The van der Waals surface area contributed by atoms with Gasteiger partial charge in [0.1, 0.15) is 5.75 Å². The molecule has 3 N–H and O–H groups in total. The fraction of sp³-hybridized carbons (Fsp3) is 0.125. The summed E-state index contributed by atoms with van der Waals surface area (Å²) in [5.74, 6) is 4.51. The molecule has 15 heavy (non-hydrogen) atoms. The minimum Gasteiger partial charge on any atom is -0.496 e. The van der Waals surface area contributed by atoms with E-state index in [1.54, 1.807) is 0 Å². The van der Waals surface area contributed by atoms with E-state index < -0.39 is 10.8 Å². The first-order valence-corrected chi connectivity index (χ1v) is 3.93. The molecule has 0 spiro atoms. The van der Waals surface area contributed by atoms with Crippen molar-refractivity contribution in [2.75, 3.05) is 7.11 Å². The first kappa shape index (κ1) is 10.9. The van der Waals surface area contributed by atoms with Crippen LogP contribution in [0.25, 0.3) is 0 Å². The van der Waals surface area contributed by atoms with Crippen LogP contribution in [0.4, 0.5) is 5.69 Å². The maximum Gasteiger partial charge on any atom is 0.270 e. The molecule has 0 radical (unpaired) electrons. The predicted octanol–water partition coefficient (Wildman–Crippen LogP) is 0.207. The number of nitro groups is 1. The van der Waals surface area contributed by atoms with E-state index in [1.807, 2.05) is 5.43 Å². The zero-order valence-electron chi connectivity index (χ0n) is 7.89. The van der Waals surface area contributed by atoms with Crippen LogP contribution in [0.15, 0.2) is 18.2 Å². The van der Waals surface area contributed by atoms with Crippen molar-refractivity contribution in [1.29, 1.82) is 0 Å². The molecule has 0 fully saturated rings. The number of carbonyl (C=O) groups excluding carboxylic acids is 1. The van der Waals surface area contributed by atoms with E-state index >= 15 is 0 Å². The average molecular weight is 211 g/mol. The molecule has 0 bridgehead atoms. The molecule has 0 aliphatic rings. The van der Waals surface area contributed by atoms with Gasteiger partial charge in [-0.25, -0.2) is 5.84 Å². The Morgan fingerprint density at radius 3 is 2.73 bits per heavy atom. The summed E-state index contributed by atoms with van der Waals surface area (Å²) >= 11 is 0. The first-order valence-electron chi connectivity index (χ1n) is 3.93. The molecule has 0 atom stereocenters. The lowest BCUT2D eigenvalue weighted by Gasteiger charge is -2.06. The Bertz CT molecular complexity index is 405. The standard InChI is InChI=1S/C8H9N3O4/c1-15-7-3-2-5(11(13)14)4-6(7)8(12)10-9/h2-4H,9H2,1H3,(H,10,12). The van der Waals surface area contributed by atoms with Gasteiger partial charge in [0.05, 0.1) is 17.6 Å². The number of hydrazine groups is 1. The molecular formula is C8H9N3O4. The summed E-state index contributed by atoms with van der Waals surface area (Å²) in [5, 5.41) is 10.5. The summed E-state index contributed by atoms with van der Waals surface area (Å²) in [7, 11) is 1.36. The van der Waals surface area contributed by atoms with Gasteiger partial charge in [0.15, 0.2) is 0 Å². The molecule has 1 rings (SSSR count). The topological polar surface area (TPSA) is 107 Å². The van der Waals surface area contributed by atoms with Crippen LogP contribution in [0.5, 0.6) is 5.75 Å². The van der Waals surface area contributed by atoms with Crippen molar-refractivity contribution in [3.63, 3.8) is 0 Å². The van der Waals surface area contributed by atoms with Gasteiger partial charge in [-0.2, -0.15) is 0 Å². The summed E-state index contributed by atoms with van der Waals surface area (Å²) in [6.45, 7) is 0. The Labute approximate surface area is 84.9 Å². The molecule has 7 nitrogen and oxygen atoms in total. The van der Waals surface area contributed by atoms with Gasteiger partial charge < -0.3 is 4.74 Å². The minimum absolute atomic E-state index is 0.0224. The molecule has 1 aromatic rings. The van der Waals surface area contributed by atoms with E-state index in [1.165, 1.54) is 19.2 Å². The van der Waals surface area contributed by atoms with Crippen molar-refractivity contribution in [3.8, 4) is 5.75 Å². The highest BCUT2D eigenvalue weighted by Crippen LogP contribution is 2.23. The number of benzene rings is 1. The summed E-state index contributed by atoms with van der Waals surface area (Å²) < 4.78 is 4.86. The van der Waals surface area contributed by atoms with Gasteiger partial charge in [-0.15, -0.1) is 0 Å². The molecule has 0 aliphatic heterocycles. The zero-order chi connectivity index (χ0) is 11.4. The Balaban J connectivity index is 3.25. The van der Waals surface area contributed by atoms with E-state index in [-0.39, 0.29) is 17.0 Å². The predicted molar refractivity (Wildman–Crippen MR) is 51.3 cm³/mol. The van der Waals surface area contributed by atoms with Gasteiger partial charge in [0, 0.05) is 12.1 Å². The number of rotatable bonds is 3. The van der Waals surface area contributed by atoms with Gasteiger partial charge in [-0.1, -0.05) is 0 Å². The highest BCUT2D eigenvalue weighted by atomic mass is 16.6. The zero-order valence-corrected chi connectivity index (χ0v) is 7.89. The Morgan fingerprint density at radius 1 is 1.60 bits per heavy atom. The van der Waals surface area contributed by atoms with Gasteiger partial charge in [0.25, 0.3) is 11.6 Å².